The molecule has 3 heteroatoms. The molecular formula is C5H9F2N. The first-order valence-corrected chi connectivity index (χ1v) is 2.83. The van der Waals surface area contributed by atoms with E-state index in [2.05, 4.69) is 0 Å². The summed E-state index contributed by atoms with van der Waals surface area (Å²) in [5, 5.41) is 0.583. The molecule has 0 saturated heterocycles. The van der Waals surface area contributed by atoms with Crippen LogP contribution in [0.3, 0.4) is 0 Å². The Morgan fingerprint density at radius 1 is 1.50 bits per heavy atom. The number of halogens is 2. The van der Waals surface area contributed by atoms with Gasteiger partial charge >= 0.3 is 0 Å². The van der Waals surface area contributed by atoms with Crippen LogP contribution in [0.2, 0.25) is 0 Å². The van der Waals surface area contributed by atoms with Crippen molar-refractivity contribution in [2.45, 2.75) is 18.9 Å². The van der Waals surface area contributed by atoms with Crippen LogP contribution in [-0.2, 0) is 0 Å². The maximum Gasteiger partial charge on any atom is 0.105 e. The van der Waals surface area contributed by atoms with Crippen molar-refractivity contribution in [3.63, 3.8) is 0 Å². The summed E-state index contributed by atoms with van der Waals surface area (Å²) in [5.74, 6) is 0. The van der Waals surface area contributed by atoms with E-state index in [9.17, 15) is 8.87 Å². The monoisotopic (exact) mass is 121 g/mol. The molecule has 0 aromatic rings. The second kappa shape index (κ2) is 2.40. The molecule has 1 rings (SSSR count). The van der Waals surface area contributed by atoms with Gasteiger partial charge in [-0.15, -0.1) is 9.60 Å². The predicted molar refractivity (Wildman–Crippen MR) is 26.8 cm³/mol. The second-order valence-electron chi connectivity index (χ2n) is 2.04. The van der Waals surface area contributed by atoms with Crippen molar-refractivity contribution < 1.29 is 8.87 Å². The predicted octanol–water partition coefficient (Wildman–Crippen LogP) is 1.30. The first kappa shape index (κ1) is 5.95. The topological polar surface area (TPSA) is 3.24 Å². The van der Waals surface area contributed by atoms with Gasteiger partial charge in [-0.2, -0.15) is 0 Å². The van der Waals surface area contributed by atoms with Gasteiger partial charge in [-0.25, -0.2) is 4.39 Å². The molecule has 0 heterocycles. The molecule has 0 N–H and O–H groups in total. The van der Waals surface area contributed by atoms with Gasteiger partial charge in [-0.05, 0) is 12.8 Å². The molecule has 0 aromatic heterocycles. The molecule has 0 atom stereocenters. The molecule has 0 radical (unpaired) electrons. The molecule has 1 saturated carbocycles. The molecule has 48 valence electrons. The Kier molecular flexibility index (Phi) is 1.78. The van der Waals surface area contributed by atoms with Gasteiger partial charge in [0.15, 0.2) is 0 Å². The van der Waals surface area contributed by atoms with E-state index >= 15 is 0 Å². The smallest absolute Gasteiger partial charge is 0.105 e. The highest BCUT2D eigenvalue weighted by Crippen LogP contribution is 2.26. The fourth-order valence-electron chi connectivity index (χ4n) is 0.618. The van der Waals surface area contributed by atoms with Crippen LogP contribution in [0.15, 0.2) is 0 Å². The van der Waals surface area contributed by atoms with Gasteiger partial charge in [0.2, 0.25) is 0 Å². The van der Waals surface area contributed by atoms with E-state index in [1.165, 1.54) is 0 Å². The number of rotatable bonds is 3. The van der Waals surface area contributed by atoms with E-state index in [-0.39, 0.29) is 12.6 Å². The van der Waals surface area contributed by atoms with Crippen LogP contribution in [0.1, 0.15) is 12.8 Å². The standard InChI is InChI=1S/C5H9F2N/c6-3-4-8(7)5-1-2-5/h5H,1-4H2. The lowest BCUT2D eigenvalue weighted by Gasteiger charge is -2.04. The van der Waals surface area contributed by atoms with Gasteiger partial charge < -0.3 is 0 Å². The number of hydrogen-bond donors (Lipinski definition) is 0. The number of nitrogens with zero attached hydrogens (tertiary/aromatic N) is 1. The van der Waals surface area contributed by atoms with E-state index in [1.807, 2.05) is 0 Å². The van der Waals surface area contributed by atoms with E-state index in [0.29, 0.717) is 5.12 Å². The highest BCUT2D eigenvalue weighted by molar-refractivity contribution is 4.79. The zero-order valence-electron chi connectivity index (χ0n) is 4.61. The molecule has 0 bridgehead atoms. The van der Waals surface area contributed by atoms with E-state index in [0.717, 1.165) is 12.8 Å². The van der Waals surface area contributed by atoms with Crippen LogP contribution >= 0.6 is 0 Å². The van der Waals surface area contributed by atoms with Gasteiger partial charge in [-0.3, -0.25) is 0 Å². The van der Waals surface area contributed by atoms with Crippen molar-refractivity contribution in [2.75, 3.05) is 13.2 Å². The van der Waals surface area contributed by atoms with Gasteiger partial charge in [0.25, 0.3) is 0 Å². The highest BCUT2D eigenvalue weighted by atomic mass is 19.2. The third-order valence-corrected chi connectivity index (χ3v) is 1.24. The summed E-state index contributed by atoms with van der Waals surface area (Å²) >= 11 is 0. The molecule has 1 aliphatic carbocycles. The number of hydrogen-bond acceptors (Lipinski definition) is 1. The summed E-state index contributed by atoms with van der Waals surface area (Å²) in [6, 6.07) is 0.0470. The Morgan fingerprint density at radius 3 is 2.50 bits per heavy atom. The summed E-state index contributed by atoms with van der Waals surface area (Å²) in [4.78, 5) is 0. The third kappa shape index (κ3) is 1.40. The van der Waals surface area contributed by atoms with E-state index < -0.39 is 6.67 Å². The Balaban J connectivity index is 2.03. The average Bonchev–Trinajstić information content (AvgIpc) is 2.45. The average molecular weight is 121 g/mol. The van der Waals surface area contributed by atoms with E-state index in [4.69, 9.17) is 0 Å². The van der Waals surface area contributed by atoms with Crippen LogP contribution in [0.5, 0.6) is 0 Å². The Morgan fingerprint density at radius 2 is 2.12 bits per heavy atom. The molecule has 0 unspecified atom stereocenters. The highest BCUT2D eigenvalue weighted by Gasteiger charge is 2.28. The van der Waals surface area contributed by atoms with Crippen molar-refractivity contribution in [3.8, 4) is 0 Å². The lowest BCUT2D eigenvalue weighted by Crippen LogP contribution is -2.18. The zero-order valence-corrected chi connectivity index (χ0v) is 4.61. The molecule has 0 aliphatic heterocycles. The van der Waals surface area contributed by atoms with Gasteiger partial charge in [-0.1, -0.05) is 0 Å². The Bertz CT molecular complexity index is 72.8. The van der Waals surface area contributed by atoms with Gasteiger partial charge in [0, 0.05) is 6.04 Å². The maximum absolute atomic E-state index is 12.2. The van der Waals surface area contributed by atoms with Gasteiger partial charge in [0.05, 0.1) is 6.54 Å². The first-order chi connectivity index (χ1) is 3.84. The molecule has 0 spiro atoms. The molecule has 0 amide bonds. The maximum atomic E-state index is 12.2. The molecule has 1 aliphatic rings. The summed E-state index contributed by atoms with van der Waals surface area (Å²) < 4.78 is 23.5. The minimum atomic E-state index is -0.576. The molecule has 8 heavy (non-hydrogen) atoms. The summed E-state index contributed by atoms with van der Waals surface area (Å²) in [5.41, 5.74) is 0. The fraction of sp³-hybridized carbons (Fsp3) is 1.00. The largest absolute Gasteiger partial charge is 0.250 e. The molecule has 0 aromatic carbocycles. The lowest BCUT2D eigenvalue weighted by molar-refractivity contribution is 0.00991. The SMILES string of the molecule is FCCN(F)C1CC1. The minimum Gasteiger partial charge on any atom is -0.250 e. The summed E-state index contributed by atoms with van der Waals surface area (Å²) in [6.07, 6.45) is 1.80. The number of alkyl halides is 1. The van der Waals surface area contributed by atoms with Crippen molar-refractivity contribution in [1.82, 2.24) is 5.12 Å². The Labute approximate surface area is 47.2 Å². The molecule has 1 nitrogen and oxygen atoms in total. The third-order valence-electron chi connectivity index (χ3n) is 1.24. The first-order valence-electron chi connectivity index (χ1n) is 2.83. The van der Waals surface area contributed by atoms with Crippen molar-refractivity contribution in [3.05, 3.63) is 0 Å². The van der Waals surface area contributed by atoms with Crippen LogP contribution in [-0.4, -0.2) is 24.4 Å². The van der Waals surface area contributed by atoms with E-state index in [1.54, 1.807) is 0 Å². The van der Waals surface area contributed by atoms with Crippen LogP contribution in [0.25, 0.3) is 0 Å². The van der Waals surface area contributed by atoms with Crippen molar-refractivity contribution in [1.29, 1.82) is 0 Å². The minimum absolute atomic E-state index is 0.0470. The quantitative estimate of drug-likeness (QED) is 0.509. The van der Waals surface area contributed by atoms with Crippen LogP contribution < -0.4 is 0 Å². The van der Waals surface area contributed by atoms with Crippen molar-refractivity contribution in [2.24, 2.45) is 0 Å². The lowest BCUT2D eigenvalue weighted by atomic mass is 10.6. The summed E-state index contributed by atoms with van der Waals surface area (Å²) in [7, 11) is 0. The van der Waals surface area contributed by atoms with Crippen LogP contribution in [0, 0.1) is 0 Å². The normalized spacial score (nSPS) is 19.9. The summed E-state index contributed by atoms with van der Waals surface area (Å²) in [6.45, 7) is -0.627. The molecule has 1 fully saturated rings. The fourth-order valence-corrected chi connectivity index (χ4v) is 0.618. The van der Waals surface area contributed by atoms with Gasteiger partial charge in [0.1, 0.15) is 6.67 Å². The van der Waals surface area contributed by atoms with Crippen molar-refractivity contribution >= 4 is 0 Å². The second-order valence-corrected chi connectivity index (χ2v) is 2.04. The van der Waals surface area contributed by atoms with Crippen LogP contribution in [0.4, 0.5) is 8.87 Å². The Hall–Kier alpha value is -0.180. The molecular weight excluding hydrogens is 112 g/mol. The zero-order chi connectivity index (χ0) is 5.98.